The van der Waals surface area contributed by atoms with Crippen molar-refractivity contribution in [1.82, 2.24) is 0 Å². The van der Waals surface area contributed by atoms with E-state index in [0.29, 0.717) is 6.29 Å². The molecule has 10 heavy (non-hydrogen) atoms. The molecule has 0 atom stereocenters. The van der Waals surface area contributed by atoms with Gasteiger partial charge in [-0.15, -0.1) is 0 Å². The Morgan fingerprint density at radius 3 is 1.80 bits per heavy atom. The number of Topliss-reactive ketones (excluding diaryl/α,β-unsaturated/α-hetero) is 1. The first-order chi connectivity index (χ1) is 4.57. The molecule has 0 radical (unpaired) electrons. The van der Waals surface area contributed by atoms with Crippen molar-refractivity contribution in [3.05, 3.63) is 11.6 Å². The van der Waals surface area contributed by atoms with E-state index < -0.39 is 0 Å². The SMILES string of the molecule is CC(=O)/C=C(\C=O)C(C)=O. The zero-order valence-electron chi connectivity index (χ0n) is 5.88. The number of rotatable bonds is 3. The minimum Gasteiger partial charge on any atom is -0.298 e. The van der Waals surface area contributed by atoms with E-state index in [9.17, 15) is 14.4 Å². The molecule has 0 aliphatic heterocycles. The van der Waals surface area contributed by atoms with Crippen LogP contribution in [0.3, 0.4) is 0 Å². The average molecular weight is 140 g/mol. The first kappa shape index (κ1) is 8.75. The van der Waals surface area contributed by atoms with Crippen LogP contribution in [-0.4, -0.2) is 17.9 Å². The third kappa shape index (κ3) is 2.91. The van der Waals surface area contributed by atoms with Gasteiger partial charge < -0.3 is 0 Å². The lowest BCUT2D eigenvalue weighted by Crippen LogP contribution is -2.00. The Morgan fingerprint density at radius 1 is 1.20 bits per heavy atom. The highest BCUT2D eigenvalue weighted by Crippen LogP contribution is 1.90. The summed E-state index contributed by atoms with van der Waals surface area (Å²) in [5.41, 5.74) is -0.0764. The third-order valence-corrected chi connectivity index (χ3v) is 0.892. The van der Waals surface area contributed by atoms with Gasteiger partial charge >= 0.3 is 0 Å². The molecule has 0 aliphatic rings. The largest absolute Gasteiger partial charge is 0.298 e. The van der Waals surface area contributed by atoms with Crippen LogP contribution in [0.2, 0.25) is 0 Å². The molecule has 0 aromatic carbocycles. The minimum absolute atomic E-state index is 0.0764. The molecule has 0 aliphatic carbocycles. The van der Waals surface area contributed by atoms with Gasteiger partial charge in [0.2, 0.25) is 0 Å². The van der Waals surface area contributed by atoms with E-state index in [-0.39, 0.29) is 17.1 Å². The summed E-state index contributed by atoms with van der Waals surface area (Å²) in [6.45, 7) is 2.52. The van der Waals surface area contributed by atoms with Crippen LogP contribution >= 0.6 is 0 Å². The lowest BCUT2D eigenvalue weighted by atomic mass is 10.2. The maximum absolute atomic E-state index is 10.5. The molecule has 3 nitrogen and oxygen atoms in total. The van der Waals surface area contributed by atoms with Crippen molar-refractivity contribution in [2.75, 3.05) is 0 Å². The number of ketones is 2. The van der Waals surface area contributed by atoms with Crippen LogP contribution in [0.5, 0.6) is 0 Å². The van der Waals surface area contributed by atoms with Crippen molar-refractivity contribution in [2.24, 2.45) is 0 Å². The van der Waals surface area contributed by atoms with E-state index in [1.54, 1.807) is 0 Å². The molecular weight excluding hydrogens is 132 g/mol. The second kappa shape index (κ2) is 3.71. The zero-order valence-corrected chi connectivity index (χ0v) is 5.88. The smallest absolute Gasteiger partial charge is 0.163 e. The average Bonchev–Trinajstić information content (AvgIpc) is 1.81. The standard InChI is InChI=1S/C7H8O3/c1-5(9)3-7(4-8)6(2)10/h3-4H,1-2H3/b7-3+. The number of carbonyl (C=O) groups is 3. The molecule has 3 heteroatoms. The first-order valence-electron chi connectivity index (χ1n) is 2.76. The molecule has 0 amide bonds. The zero-order chi connectivity index (χ0) is 8.15. The van der Waals surface area contributed by atoms with E-state index in [2.05, 4.69) is 0 Å². The molecule has 0 aromatic rings. The maximum Gasteiger partial charge on any atom is 0.163 e. The molecule has 0 saturated carbocycles. The lowest BCUT2D eigenvalue weighted by Gasteiger charge is -1.87. The van der Waals surface area contributed by atoms with E-state index in [0.717, 1.165) is 6.08 Å². The van der Waals surface area contributed by atoms with Crippen molar-refractivity contribution < 1.29 is 14.4 Å². The summed E-state index contributed by atoms with van der Waals surface area (Å²) in [5.74, 6) is -0.678. The van der Waals surface area contributed by atoms with E-state index in [4.69, 9.17) is 0 Å². The minimum atomic E-state index is -0.384. The Balaban J connectivity index is 4.49. The van der Waals surface area contributed by atoms with E-state index >= 15 is 0 Å². The molecule has 0 N–H and O–H groups in total. The first-order valence-corrected chi connectivity index (χ1v) is 2.76. The Labute approximate surface area is 58.7 Å². The fourth-order valence-electron chi connectivity index (χ4n) is 0.438. The Bertz CT molecular complexity index is 201. The van der Waals surface area contributed by atoms with Gasteiger partial charge in [0.05, 0.1) is 5.57 Å². The summed E-state index contributed by atoms with van der Waals surface area (Å²) < 4.78 is 0. The summed E-state index contributed by atoms with van der Waals surface area (Å²) in [6, 6.07) is 0. The van der Waals surface area contributed by atoms with Crippen molar-refractivity contribution in [1.29, 1.82) is 0 Å². The Hall–Kier alpha value is -1.25. The van der Waals surface area contributed by atoms with Crippen LogP contribution < -0.4 is 0 Å². The van der Waals surface area contributed by atoms with Gasteiger partial charge in [-0.1, -0.05) is 0 Å². The molecule has 0 rings (SSSR count). The quantitative estimate of drug-likeness (QED) is 0.245. The summed E-state index contributed by atoms with van der Waals surface area (Å²) >= 11 is 0. The van der Waals surface area contributed by atoms with Crippen molar-refractivity contribution in [3.63, 3.8) is 0 Å². The number of hydrogen-bond acceptors (Lipinski definition) is 3. The summed E-state index contributed by atoms with van der Waals surface area (Å²) in [6.07, 6.45) is 1.40. The van der Waals surface area contributed by atoms with Crippen LogP contribution in [0, 0.1) is 0 Å². The van der Waals surface area contributed by atoms with Gasteiger partial charge in [-0.05, 0) is 19.9 Å². The predicted molar refractivity (Wildman–Crippen MR) is 35.5 cm³/mol. The second-order valence-electron chi connectivity index (χ2n) is 1.88. The number of aldehydes is 1. The fraction of sp³-hybridized carbons (Fsp3) is 0.286. The van der Waals surface area contributed by atoms with Gasteiger partial charge in [-0.2, -0.15) is 0 Å². The van der Waals surface area contributed by atoms with Gasteiger partial charge in [0, 0.05) is 0 Å². The van der Waals surface area contributed by atoms with Crippen molar-refractivity contribution in [2.45, 2.75) is 13.8 Å². The van der Waals surface area contributed by atoms with E-state index in [1.165, 1.54) is 13.8 Å². The van der Waals surface area contributed by atoms with Gasteiger partial charge in [-0.25, -0.2) is 0 Å². The molecule has 0 fully saturated rings. The highest BCUT2D eigenvalue weighted by molar-refractivity contribution is 6.14. The monoisotopic (exact) mass is 140 g/mol. The predicted octanol–water partition coefficient (Wildman–Crippen LogP) is 0.290. The Kier molecular flexibility index (Phi) is 3.25. The summed E-state index contributed by atoms with van der Waals surface area (Å²) in [4.78, 5) is 30.8. The molecule has 0 aromatic heterocycles. The van der Waals surface area contributed by atoms with E-state index in [1.807, 2.05) is 0 Å². The third-order valence-electron chi connectivity index (χ3n) is 0.892. The normalized spacial score (nSPS) is 10.8. The molecule has 0 heterocycles. The van der Waals surface area contributed by atoms with Gasteiger partial charge in [0.1, 0.15) is 0 Å². The molecule has 0 saturated heterocycles. The molecule has 0 spiro atoms. The number of carbonyl (C=O) groups excluding carboxylic acids is 3. The van der Waals surface area contributed by atoms with Gasteiger partial charge in [0.15, 0.2) is 17.9 Å². The Morgan fingerprint density at radius 2 is 1.70 bits per heavy atom. The summed E-state index contributed by atoms with van der Waals surface area (Å²) in [7, 11) is 0. The van der Waals surface area contributed by atoms with Crippen molar-refractivity contribution >= 4 is 17.9 Å². The van der Waals surface area contributed by atoms with Gasteiger partial charge in [0.25, 0.3) is 0 Å². The van der Waals surface area contributed by atoms with Crippen LogP contribution in [0.4, 0.5) is 0 Å². The highest BCUT2D eigenvalue weighted by atomic mass is 16.1. The van der Waals surface area contributed by atoms with Crippen molar-refractivity contribution in [3.8, 4) is 0 Å². The van der Waals surface area contributed by atoms with Crippen LogP contribution in [0.1, 0.15) is 13.8 Å². The molecule has 0 bridgehead atoms. The maximum atomic E-state index is 10.5. The molecule has 0 unspecified atom stereocenters. The topological polar surface area (TPSA) is 51.2 Å². The second-order valence-corrected chi connectivity index (χ2v) is 1.88. The number of allylic oxidation sites excluding steroid dienone is 2. The fourth-order valence-corrected chi connectivity index (χ4v) is 0.438. The van der Waals surface area contributed by atoms with Crippen LogP contribution in [0.25, 0.3) is 0 Å². The number of hydrogen-bond donors (Lipinski definition) is 0. The molecule has 54 valence electrons. The lowest BCUT2D eigenvalue weighted by molar-refractivity contribution is -0.117. The van der Waals surface area contributed by atoms with Gasteiger partial charge in [-0.3, -0.25) is 14.4 Å². The van der Waals surface area contributed by atoms with Crippen LogP contribution in [-0.2, 0) is 14.4 Å². The highest BCUT2D eigenvalue weighted by Gasteiger charge is 2.01. The molecular formula is C7H8O3. The van der Waals surface area contributed by atoms with Crippen LogP contribution in [0.15, 0.2) is 11.6 Å². The summed E-state index contributed by atoms with van der Waals surface area (Å²) in [5, 5.41) is 0.